The lowest BCUT2D eigenvalue weighted by molar-refractivity contribution is -0.161. The van der Waals surface area contributed by atoms with Gasteiger partial charge in [-0.3, -0.25) is 0 Å². The highest BCUT2D eigenvalue weighted by atomic mass is 19.4. The van der Waals surface area contributed by atoms with E-state index in [2.05, 4.69) is 0 Å². The first-order chi connectivity index (χ1) is 19.4. The number of halogens is 6. The van der Waals surface area contributed by atoms with Gasteiger partial charge in [0.2, 0.25) is 0 Å². The molecule has 0 amide bonds. The van der Waals surface area contributed by atoms with E-state index in [9.17, 15) is 26.3 Å². The third-order valence-corrected chi connectivity index (χ3v) is 6.65. The Morgan fingerprint density at radius 1 is 0.463 bits per heavy atom. The molecule has 4 aromatic carbocycles. The zero-order valence-electron chi connectivity index (χ0n) is 22.3. The van der Waals surface area contributed by atoms with Crippen LogP contribution in [0.15, 0.2) is 97.1 Å². The molecule has 4 aromatic rings. The Morgan fingerprint density at radius 3 is 1.00 bits per heavy atom. The molecule has 0 bridgehead atoms. The van der Waals surface area contributed by atoms with Gasteiger partial charge in [0.05, 0.1) is 23.3 Å². The number of ether oxygens (including phenoxy) is 3. The van der Waals surface area contributed by atoms with Gasteiger partial charge in [-0.1, -0.05) is 72.8 Å². The van der Waals surface area contributed by atoms with Crippen LogP contribution in [0.2, 0.25) is 0 Å². The molecule has 0 aliphatic rings. The molecule has 216 valence electrons. The van der Waals surface area contributed by atoms with Crippen molar-refractivity contribution in [3.05, 3.63) is 119 Å². The smallest absolute Gasteiger partial charge is 0.348 e. The lowest BCUT2D eigenvalue weighted by Gasteiger charge is -2.17. The van der Waals surface area contributed by atoms with Gasteiger partial charge in [-0.15, -0.1) is 0 Å². The summed E-state index contributed by atoms with van der Waals surface area (Å²) >= 11 is 0. The monoisotopic (exact) mass is 574 g/mol. The van der Waals surface area contributed by atoms with Crippen LogP contribution in [0.5, 0.6) is 0 Å². The van der Waals surface area contributed by atoms with Crippen LogP contribution >= 0.6 is 0 Å². The molecule has 2 unspecified atom stereocenters. The molecule has 3 nitrogen and oxygen atoms in total. The first-order valence-corrected chi connectivity index (χ1v) is 12.8. The SMILES string of the molecule is CC(OCOCOC(C)c1ccc(-c2ccc(C(F)(F)F)cc2)cc1)c1ccc(-c2ccc(C(F)(F)F)cc2)cc1. The van der Waals surface area contributed by atoms with Crippen molar-refractivity contribution >= 4 is 0 Å². The van der Waals surface area contributed by atoms with Gasteiger partial charge >= 0.3 is 12.4 Å². The Bertz CT molecular complexity index is 1270. The summed E-state index contributed by atoms with van der Waals surface area (Å²) in [6.45, 7) is 3.69. The van der Waals surface area contributed by atoms with Gasteiger partial charge in [-0.25, -0.2) is 0 Å². The zero-order valence-corrected chi connectivity index (χ0v) is 22.3. The first-order valence-electron chi connectivity index (χ1n) is 12.8. The average Bonchev–Trinajstić information content (AvgIpc) is 2.96. The summed E-state index contributed by atoms with van der Waals surface area (Å²) in [5.41, 5.74) is 3.34. The van der Waals surface area contributed by atoms with E-state index in [1.807, 2.05) is 62.4 Å². The molecular weight excluding hydrogens is 546 g/mol. The summed E-state index contributed by atoms with van der Waals surface area (Å²) < 4.78 is 93.5. The molecule has 2 atom stereocenters. The molecule has 0 radical (unpaired) electrons. The van der Waals surface area contributed by atoms with Gasteiger partial charge in [0.25, 0.3) is 0 Å². The molecule has 4 rings (SSSR count). The Balaban J connectivity index is 1.20. The molecule has 0 fully saturated rings. The van der Waals surface area contributed by atoms with Crippen molar-refractivity contribution in [3.8, 4) is 22.3 Å². The summed E-state index contributed by atoms with van der Waals surface area (Å²) in [5.74, 6) is 0. The normalized spacial score (nSPS) is 13.7. The predicted octanol–water partition coefficient (Wildman–Crippen LogP) is 9.85. The van der Waals surface area contributed by atoms with Crippen molar-refractivity contribution in [2.45, 2.75) is 38.4 Å². The van der Waals surface area contributed by atoms with Gasteiger partial charge in [0.15, 0.2) is 0 Å². The van der Waals surface area contributed by atoms with Crippen molar-refractivity contribution in [1.82, 2.24) is 0 Å². The van der Waals surface area contributed by atoms with Gasteiger partial charge in [-0.2, -0.15) is 26.3 Å². The van der Waals surface area contributed by atoms with Crippen molar-refractivity contribution in [2.24, 2.45) is 0 Å². The van der Waals surface area contributed by atoms with Crippen molar-refractivity contribution in [3.63, 3.8) is 0 Å². The molecule has 0 saturated carbocycles. The predicted molar refractivity (Wildman–Crippen MR) is 144 cm³/mol. The molecule has 0 spiro atoms. The van der Waals surface area contributed by atoms with Crippen LogP contribution in [0.3, 0.4) is 0 Å². The van der Waals surface area contributed by atoms with E-state index < -0.39 is 23.5 Å². The second kappa shape index (κ2) is 12.9. The van der Waals surface area contributed by atoms with Crippen LogP contribution in [0.1, 0.15) is 48.3 Å². The summed E-state index contributed by atoms with van der Waals surface area (Å²) in [6.07, 6.45) is -9.31. The fraction of sp³-hybridized carbons (Fsp3) is 0.250. The molecule has 0 heterocycles. The summed E-state index contributed by atoms with van der Waals surface area (Å²) in [6, 6.07) is 24.7. The van der Waals surface area contributed by atoms with Gasteiger partial charge in [0.1, 0.15) is 13.6 Å². The summed E-state index contributed by atoms with van der Waals surface area (Å²) in [4.78, 5) is 0. The standard InChI is InChI=1S/C32H28F6O3/c1-21(23-3-7-25(8-4-23)27-11-15-29(16-12-27)31(33,34)35)40-19-39-20-41-22(2)24-5-9-26(10-6-24)28-13-17-30(18-14-28)32(36,37)38/h3-18,21-22H,19-20H2,1-2H3. The summed E-state index contributed by atoms with van der Waals surface area (Å²) in [5, 5.41) is 0. The highest BCUT2D eigenvalue weighted by Gasteiger charge is 2.30. The minimum absolute atomic E-state index is 0.0125. The van der Waals surface area contributed by atoms with Gasteiger partial charge < -0.3 is 14.2 Å². The molecule has 0 saturated heterocycles. The van der Waals surface area contributed by atoms with Crippen molar-refractivity contribution < 1.29 is 40.6 Å². The molecule has 0 aliphatic heterocycles. The highest BCUT2D eigenvalue weighted by Crippen LogP contribution is 2.33. The van der Waals surface area contributed by atoms with E-state index >= 15 is 0 Å². The third-order valence-electron chi connectivity index (χ3n) is 6.65. The summed E-state index contributed by atoms with van der Waals surface area (Å²) in [7, 11) is 0. The number of hydrogen-bond donors (Lipinski definition) is 0. The third kappa shape index (κ3) is 8.19. The Hall–Kier alpha value is -3.66. The largest absolute Gasteiger partial charge is 0.416 e. The lowest BCUT2D eigenvalue weighted by Crippen LogP contribution is -2.09. The van der Waals surface area contributed by atoms with E-state index in [4.69, 9.17) is 14.2 Å². The topological polar surface area (TPSA) is 27.7 Å². The zero-order chi connectivity index (χ0) is 29.6. The average molecular weight is 575 g/mol. The van der Waals surface area contributed by atoms with Gasteiger partial charge in [0, 0.05) is 0 Å². The molecule has 0 N–H and O–H groups in total. The van der Waals surface area contributed by atoms with Crippen LogP contribution in [-0.4, -0.2) is 13.6 Å². The number of alkyl halides is 6. The van der Waals surface area contributed by atoms with Crippen LogP contribution in [-0.2, 0) is 26.6 Å². The Labute approximate surface area is 234 Å². The number of benzene rings is 4. The molecular formula is C32H28F6O3. The van der Waals surface area contributed by atoms with Crippen molar-refractivity contribution in [1.29, 1.82) is 0 Å². The molecule has 0 aromatic heterocycles. The minimum Gasteiger partial charge on any atom is -0.348 e. The van der Waals surface area contributed by atoms with E-state index in [1.165, 1.54) is 24.3 Å². The second-order valence-corrected chi connectivity index (χ2v) is 9.45. The maximum absolute atomic E-state index is 12.8. The molecule has 41 heavy (non-hydrogen) atoms. The van der Waals surface area contributed by atoms with Gasteiger partial charge in [-0.05, 0) is 71.5 Å². The van der Waals surface area contributed by atoms with Crippen molar-refractivity contribution in [2.75, 3.05) is 13.6 Å². The minimum atomic E-state index is -4.37. The quantitative estimate of drug-likeness (QED) is 0.107. The number of hydrogen-bond acceptors (Lipinski definition) is 3. The highest BCUT2D eigenvalue weighted by molar-refractivity contribution is 5.65. The fourth-order valence-electron chi connectivity index (χ4n) is 4.12. The maximum Gasteiger partial charge on any atom is 0.416 e. The number of rotatable bonds is 10. The maximum atomic E-state index is 12.8. The van der Waals surface area contributed by atoms with Crippen LogP contribution in [0, 0.1) is 0 Å². The molecule has 9 heteroatoms. The van der Waals surface area contributed by atoms with E-state index in [0.29, 0.717) is 11.1 Å². The van der Waals surface area contributed by atoms with Crippen LogP contribution < -0.4 is 0 Å². The van der Waals surface area contributed by atoms with Crippen LogP contribution in [0.25, 0.3) is 22.3 Å². The van der Waals surface area contributed by atoms with E-state index in [0.717, 1.165) is 46.5 Å². The Kier molecular flexibility index (Phi) is 9.53. The van der Waals surface area contributed by atoms with E-state index in [-0.39, 0.29) is 25.8 Å². The Morgan fingerprint density at radius 2 is 0.732 bits per heavy atom. The first kappa shape index (κ1) is 30.3. The fourth-order valence-corrected chi connectivity index (χ4v) is 4.12. The van der Waals surface area contributed by atoms with E-state index in [1.54, 1.807) is 0 Å². The van der Waals surface area contributed by atoms with Crippen LogP contribution in [0.4, 0.5) is 26.3 Å². The lowest BCUT2D eigenvalue weighted by atomic mass is 10.0. The second-order valence-electron chi connectivity index (χ2n) is 9.45. The molecule has 0 aliphatic carbocycles.